The fraction of sp³-hybridized carbons (Fsp3) is 0.346. The molecule has 0 fully saturated rings. The Hall–Kier alpha value is -3.41. The van der Waals surface area contributed by atoms with E-state index in [0.717, 1.165) is 23.4 Å². The maximum Gasteiger partial charge on any atom is 0.253 e. The van der Waals surface area contributed by atoms with Crippen LogP contribution >= 0.6 is 0 Å². The Bertz CT molecular complexity index is 1230. The first-order valence-electron chi connectivity index (χ1n) is 11.1. The Kier molecular flexibility index (Phi) is 4.69. The van der Waals surface area contributed by atoms with E-state index in [1.54, 1.807) is 0 Å². The van der Waals surface area contributed by atoms with Gasteiger partial charge in [-0.05, 0) is 52.2 Å². The number of aromatic nitrogens is 4. The lowest BCUT2D eigenvalue weighted by Crippen LogP contribution is -2.37. The quantitative estimate of drug-likeness (QED) is 0.442. The topological polar surface area (TPSA) is 68.8 Å². The largest absolute Gasteiger partial charge is 0.420 e. The number of nitrogens with one attached hydrogen (secondary N) is 1. The monoisotopic (exact) mass is 427 g/mol. The van der Waals surface area contributed by atoms with Gasteiger partial charge in [0.1, 0.15) is 11.4 Å². The van der Waals surface area contributed by atoms with Crippen molar-refractivity contribution in [1.82, 2.24) is 20.0 Å². The number of rotatable bonds is 4. The molecule has 6 nitrogen and oxygen atoms in total. The van der Waals surface area contributed by atoms with Crippen molar-refractivity contribution in [2.24, 2.45) is 0 Å². The van der Waals surface area contributed by atoms with Gasteiger partial charge in [0.25, 0.3) is 5.89 Å². The van der Waals surface area contributed by atoms with Crippen LogP contribution < -0.4 is 5.32 Å². The smallest absolute Gasteiger partial charge is 0.253 e. The minimum atomic E-state index is -0.397. The molecule has 1 atom stereocenters. The van der Waals surface area contributed by atoms with Gasteiger partial charge in [0.2, 0.25) is 5.89 Å². The molecule has 1 N–H and O–H groups in total. The molecule has 2 aromatic carbocycles. The van der Waals surface area contributed by atoms with E-state index >= 15 is 0 Å². The van der Waals surface area contributed by atoms with Crippen molar-refractivity contribution in [2.45, 2.75) is 58.0 Å². The van der Waals surface area contributed by atoms with Crippen molar-refractivity contribution in [3.63, 3.8) is 0 Å². The Balaban J connectivity index is 1.51. The summed E-state index contributed by atoms with van der Waals surface area (Å²) in [5.41, 5.74) is 3.90. The minimum absolute atomic E-state index is 0.149. The van der Waals surface area contributed by atoms with E-state index in [-0.39, 0.29) is 11.6 Å². The maximum atomic E-state index is 6.24. The third-order valence-corrected chi connectivity index (χ3v) is 6.52. The lowest BCUT2D eigenvalue weighted by Gasteiger charge is -2.38. The second-order valence-corrected chi connectivity index (χ2v) is 9.85. The number of aryl methyl sites for hydroxylation is 1. The highest BCUT2D eigenvalue weighted by Crippen LogP contribution is 2.43. The van der Waals surface area contributed by atoms with Crippen LogP contribution in [0.25, 0.3) is 11.5 Å². The van der Waals surface area contributed by atoms with Gasteiger partial charge in [-0.1, -0.05) is 60.2 Å². The summed E-state index contributed by atoms with van der Waals surface area (Å²) in [4.78, 5) is 0. The molecule has 1 aliphatic heterocycles. The average molecular weight is 428 g/mol. The molecule has 0 bridgehead atoms. The van der Waals surface area contributed by atoms with E-state index in [2.05, 4.69) is 104 Å². The van der Waals surface area contributed by atoms with Crippen molar-refractivity contribution in [1.29, 1.82) is 0 Å². The fourth-order valence-corrected chi connectivity index (χ4v) is 4.47. The van der Waals surface area contributed by atoms with Crippen LogP contribution in [0.1, 0.15) is 62.7 Å². The summed E-state index contributed by atoms with van der Waals surface area (Å²) >= 11 is 0. The van der Waals surface area contributed by atoms with Gasteiger partial charge in [-0.15, -0.1) is 10.2 Å². The summed E-state index contributed by atoms with van der Waals surface area (Å²) in [6.07, 6.45) is 2.76. The van der Waals surface area contributed by atoms with Crippen LogP contribution in [0.5, 0.6) is 0 Å². The summed E-state index contributed by atoms with van der Waals surface area (Å²) in [7, 11) is 0. The first-order valence-corrected chi connectivity index (χ1v) is 11.1. The van der Waals surface area contributed by atoms with Gasteiger partial charge < -0.3 is 9.73 Å². The van der Waals surface area contributed by atoms with Gasteiger partial charge in [-0.2, -0.15) is 5.10 Å². The summed E-state index contributed by atoms with van der Waals surface area (Å²) in [5.74, 6) is 1.99. The fourth-order valence-electron chi connectivity index (χ4n) is 4.47. The summed E-state index contributed by atoms with van der Waals surface area (Å²) in [5, 5.41) is 17.2. The number of nitrogens with zero attached hydrogens (tertiary/aromatic N) is 4. The molecule has 1 aliphatic rings. The van der Waals surface area contributed by atoms with Crippen LogP contribution in [0.15, 0.2) is 65.2 Å². The number of hydrogen-bond donors (Lipinski definition) is 1. The Morgan fingerprint density at radius 2 is 1.75 bits per heavy atom. The number of anilines is 1. The Morgan fingerprint density at radius 3 is 2.47 bits per heavy atom. The molecule has 0 spiro atoms. The predicted octanol–water partition coefficient (Wildman–Crippen LogP) is 5.86. The van der Waals surface area contributed by atoms with E-state index in [4.69, 9.17) is 4.42 Å². The average Bonchev–Trinajstić information content (AvgIpc) is 3.42. The molecule has 6 heteroatoms. The van der Waals surface area contributed by atoms with Crippen molar-refractivity contribution in [3.05, 3.63) is 83.4 Å². The molecule has 0 radical (unpaired) electrons. The first-order chi connectivity index (χ1) is 15.3. The standard InChI is InChI=1S/C26H29N5O/c1-17-11-13-19(14-12-17)26(4,5)24-30-29-23(32-24)20-16-27-31-22(20)28-21(15-25(31,2)3)18-9-7-6-8-10-18/h6-14,16,21,28H,15H2,1-5H3. The highest BCUT2D eigenvalue weighted by atomic mass is 16.4. The lowest BCUT2D eigenvalue weighted by atomic mass is 9.84. The summed E-state index contributed by atoms with van der Waals surface area (Å²) < 4.78 is 8.28. The molecule has 0 amide bonds. The van der Waals surface area contributed by atoms with Crippen LogP contribution in [0, 0.1) is 6.92 Å². The minimum Gasteiger partial charge on any atom is -0.420 e. The van der Waals surface area contributed by atoms with Crippen molar-refractivity contribution in [3.8, 4) is 11.5 Å². The molecular formula is C26H29N5O. The van der Waals surface area contributed by atoms with E-state index < -0.39 is 5.41 Å². The van der Waals surface area contributed by atoms with Crippen molar-refractivity contribution < 1.29 is 4.42 Å². The molecule has 0 aliphatic carbocycles. The molecule has 3 heterocycles. The van der Waals surface area contributed by atoms with E-state index in [1.165, 1.54) is 11.1 Å². The third kappa shape index (κ3) is 3.40. The third-order valence-electron chi connectivity index (χ3n) is 6.52. The van der Waals surface area contributed by atoms with Gasteiger partial charge in [0, 0.05) is 0 Å². The Morgan fingerprint density at radius 1 is 1.03 bits per heavy atom. The molecule has 32 heavy (non-hydrogen) atoms. The first kappa shape index (κ1) is 20.5. The molecule has 0 saturated heterocycles. The SMILES string of the molecule is Cc1ccc(C(C)(C)c2nnc(-c3cnn4c3NC(c3ccccc3)CC4(C)C)o2)cc1. The number of fused-ring (bicyclic) bond motifs is 1. The second-order valence-electron chi connectivity index (χ2n) is 9.85. The predicted molar refractivity (Wildman–Crippen MR) is 126 cm³/mol. The van der Waals surface area contributed by atoms with E-state index in [9.17, 15) is 0 Å². The van der Waals surface area contributed by atoms with E-state index in [1.807, 2.05) is 16.9 Å². The number of benzene rings is 2. The lowest BCUT2D eigenvalue weighted by molar-refractivity contribution is 0.263. The van der Waals surface area contributed by atoms with Crippen LogP contribution in [0.3, 0.4) is 0 Å². The van der Waals surface area contributed by atoms with Crippen molar-refractivity contribution in [2.75, 3.05) is 5.32 Å². The molecule has 1 unspecified atom stereocenters. The molecule has 164 valence electrons. The number of hydrogen-bond acceptors (Lipinski definition) is 5. The zero-order chi connectivity index (χ0) is 22.5. The van der Waals surface area contributed by atoms with Gasteiger partial charge in [-0.25, -0.2) is 4.68 Å². The Labute approximate surface area is 188 Å². The van der Waals surface area contributed by atoms with Crippen LogP contribution in [0.2, 0.25) is 0 Å². The zero-order valence-corrected chi connectivity index (χ0v) is 19.3. The van der Waals surface area contributed by atoms with E-state index in [0.29, 0.717) is 11.8 Å². The normalized spacial score (nSPS) is 17.6. The molecule has 0 saturated carbocycles. The molecule has 5 rings (SSSR count). The van der Waals surface area contributed by atoms with Crippen LogP contribution in [-0.4, -0.2) is 20.0 Å². The van der Waals surface area contributed by atoms with Crippen LogP contribution in [0.4, 0.5) is 5.82 Å². The molecular weight excluding hydrogens is 398 g/mol. The summed E-state index contributed by atoms with van der Waals surface area (Å²) in [6, 6.07) is 19.2. The van der Waals surface area contributed by atoms with Gasteiger partial charge in [0.15, 0.2) is 0 Å². The van der Waals surface area contributed by atoms with Gasteiger partial charge in [0.05, 0.1) is 23.2 Å². The molecule has 2 aromatic heterocycles. The van der Waals surface area contributed by atoms with Crippen LogP contribution in [-0.2, 0) is 11.0 Å². The highest BCUT2D eigenvalue weighted by molar-refractivity contribution is 5.70. The van der Waals surface area contributed by atoms with Gasteiger partial charge >= 0.3 is 0 Å². The zero-order valence-electron chi connectivity index (χ0n) is 19.3. The summed E-state index contributed by atoms with van der Waals surface area (Å²) in [6.45, 7) is 10.7. The highest BCUT2D eigenvalue weighted by Gasteiger charge is 2.37. The van der Waals surface area contributed by atoms with Gasteiger partial charge in [-0.3, -0.25) is 0 Å². The molecule has 4 aromatic rings. The maximum absolute atomic E-state index is 6.24. The second kappa shape index (κ2) is 7.33. The van der Waals surface area contributed by atoms with Crippen molar-refractivity contribution >= 4 is 5.82 Å².